The number of hydrogen-bond donors (Lipinski definition) is 0. The molecule has 0 saturated heterocycles. The zero-order valence-electron chi connectivity index (χ0n) is 13.9. The number of benzene rings is 1. The van der Waals surface area contributed by atoms with Crippen molar-refractivity contribution in [3.8, 4) is 5.75 Å². The van der Waals surface area contributed by atoms with Crippen LogP contribution < -0.4 is 4.74 Å². The van der Waals surface area contributed by atoms with Crippen LogP contribution in [0.5, 0.6) is 5.75 Å². The summed E-state index contributed by atoms with van der Waals surface area (Å²) in [4.78, 5) is 12.9. The first kappa shape index (κ1) is 16.1. The maximum absolute atomic E-state index is 12.9. The highest BCUT2D eigenvalue weighted by Crippen LogP contribution is 2.33. The van der Waals surface area contributed by atoms with Crippen molar-refractivity contribution in [2.45, 2.75) is 59.8 Å². The first-order chi connectivity index (χ1) is 9.99. The van der Waals surface area contributed by atoms with Gasteiger partial charge in [-0.2, -0.15) is 0 Å². The van der Waals surface area contributed by atoms with Gasteiger partial charge in [0.1, 0.15) is 5.75 Å². The summed E-state index contributed by atoms with van der Waals surface area (Å²) in [5.74, 6) is 1.76. The molecule has 0 unspecified atom stereocenters. The minimum absolute atomic E-state index is 0.196. The maximum Gasteiger partial charge on any atom is 0.169 e. The molecule has 1 aliphatic rings. The first-order valence-electron chi connectivity index (χ1n) is 8.27. The molecule has 0 aromatic heterocycles. The number of rotatable bonds is 5. The monoisotopic (exact) mass is 288 g/mol. The summed E-state index contributed by atoms with van der Waals surface area (Å²) in [7, 11) is 0. The van der Waals surface area contributed by atoms with E-state index in [0.29, 0.717) is 18.3 Å². The van der Waals surface area contributed by atoms with Crippen molar-refractivity contribution in [2.24, 2.45) is 11.8 Å². The SMILES string of the molecule is Cc1cc(C)c(OCC(C)C)c(C(=O)C2CCCCC2)c1. The average Bonchev–Trinajstić information content (AvgIpc) is 2.45. The molecule has 0 atom stereocenters. The normalized spacial score (nSPS) is 16.2. The van der Waals surface area contributed by atoms with E-state index in [2.05, 4.69) is 26.8 Å². The van der Waals surface area contributed by atoms with E-state index in [1.165, 1.54) is 19.3 Å². The molecule has 116 valence electrons. The Morgan fingerprint density at radius 3 is 2.48 bits per heavy atom. The van der Waals surface area contributed by atoms with E-state index in [9.17, 15) is 4.79 Å². The Kier molecular flexibility index (Phi) is 5.44. The third kappa shape index (κ3) is 4.09. The van der Waals surface area contributed by atoms with Gasteiger partial charge in [0.2, 0.25) is 0 Å². The van der Waals surface area contributed by atoms with E-state index in [0.717, 1.165) is 35.3 Å². The topological polar surface area (TPSA) is 26.3 Å². The minimum Gasteiger partial charge on any atom is -0.492 e. The standard InChI is InChI=1S/C19H28O2/c1-13(2)12-21-19-15(4)10-14(3)11-17(19)18(20)16-8-6-5-7-9-16/h10-11,13,16H,5-9,12H2,1-4H3. The minimum atomic E-state index is 0.196. The van der Waals surface area contributed by atoms with Gasteiger partial charge in [0.15, 0.2) is 5.78 Å². The average molecular weight is 288 g/mol. The van der Waals surface area contributed by atoms with Crippen LogP contribution in [0.4, 0.5) is 0 Å². The van der Waals surface area contributed by atoms with Crippen molar-refractivity contribution >= 4 is 5.78 Å². The van der Waals surface area contributed by atoms with Crippen LogP contribution >= 0.6 is 0 Å². The lowest BCUT2D eigenvalue weighted by atomic mass is 9.83. The van der Waals surface area contributed by atoms with Gasteiger partial charge >= 0.3 is 0 Å². The van der Waals surface area contributed by atoms with E-state index in [1.807, 2.05) is 13.0 Å². The molecule has 1 aromatic rings. The van der Waals surface area contributed by atoms with E-state index < -0.39 is 0 Å². The van der Waals surface area contributed by atoms with Gasteiger partial charge in [-0.1, -0.05) is 39.2 Å². The molecule has 2 heteroatoms. The smallest absolute Gasteiger partial charge is 0.169 e. The lowest BCUT2D eigenvalue weighted by Gasteiger charge is -2.23. The summed E-state index contributed by atoms with van der Waals surface area (Å²) in [6.45, 7) is 9.02. The van der Waals surface area contributed by atoms with Crippen molar-refractivity contribution < 1.29 is 9.53 Å². The van der Waals surface area contributed by atoms with E-state index in [1.54, 1.807) is 0 Å². The number of carbonyl (C=O) groups is 1. The summed E-state index contributed by atoms with van der Waals surface area (Å²) >= 11 is 0. The van der Waals surface area contributed by atoms with Crippen molar-refractivity contribution in [1.82, 2.24) is 0 Å². The lowest BCUT2D eigenvalue weighted by molar-refractivity contribution is 0.0884. The number of aryl methyl sites for hydroxylation is 2. The van der Waals surface area contributed by atoms with Gasteiger partial charge in [-0.25, -0.2) is 0 Å². The Balaban J connectivity index is 2.28. The molecule has 0 heterocycles. The van der Waals surface area contributed by atoms with Gasteiger partial charge in [0, 0.05) is 5.92 Å². The number of hydrogen-bond acceptors (Lipinski definition) is 2. The summed E-state index contributed by atoms with van der Waals surface area (Å²) in [5.41, 5.74) is 3.03. The van der Waals surface area contributed by atoms with Crippen LogP contribution in [0.1, 0.15) is 67.4 Å². The molecule has 0 radical (unpaired) electrons. The van der Waals surface area contributed by atoms with Gasteiger partial charge in [0.05, 0.1) is 12.2 Å². The quantitative estimate of drug-likeness (QED) is 0.704. The third-order valence-electron chi connectivity index (χ3n) is 4.22. The molecule has 1 aromatic carbocycles. The first-order valence-corrected chi connectivity index (χ1v) is 8.27. The number of ketones is 1. The van der Waals surface area contributed by atoms with Crippen LogP contribution in [0.15, 0.2) is 12.1 Å². The fourth-order valence-electron chi connectivity index (χ4n) is 3.16. The predicted octanol–water partition coefficient (Wildman–Crippen LogP) is 5.10. The fraction of sp³-hybridized carbons (Fsp3) is 0.632. The summed E-state index contributed by atoms with van der Waals surface area (Å²) in [5, 5.41) is 0. The molecule has 21 heavy (non-hydrogen) atoms. The van der Waals surface area contributed by atoms with Gasteiger partial charge in [-0.15, -0.1) is 0 Å². The predicted molar refractivity (Wildman–Crippen MR) is 87.2 cm³/mol. The highest BCUT2D eigenvalue weighted by molar-refractivity contribution is 6.01. The van der Waals surface area contributed by atoms with Crippen molar-refractivity contribution in [3.05, 3.63) is 28.8 Å². The molecule has 1 saturated carbocycles. The molecule has 2 rings (SSSR count). The highest BCUT2D eigenvalue weighted by Gasteiger charge is 2.26. The Hall–Kier alpha value is -1.31. The molecular weight excluding hydrogens is 260 g/mol. The third-order valence-corrected chi connectivity index (χ3v) is 4.22. The maximum atomic E-state index is 12.9. The molecule has 0 bridgehead atoms. The lowest BCUT2D eigenvalue weighted by Crippen LogP contribution is -2.20. The summed E-state index contributed by atoms with van der Waals surface area (Å²) < 4.78 is 5.98. The molecule has 1 aliphatic carbocycles. The fourth-order valence-corrected chi connectivity index (χ4v) is 3.16. The summed E-state index contributed by atoms with van der Waals surface area (Å²) in [6, 6.07) is 4.12. The van der Waals surface area contributed by atoms with Crippen molar-refractivity contribution in [2.75, 3.05) is 6.61 Å². The van der Waals surface area contributed by atoms with Gasteiger partial charge in [-0.05, 0) is 49.8 Å². The Morgan fingerprint density at radius 1 is 1.19 bits per heavy atom. The Bertz CT molecular complexity index is 497. The van der Waals surface area contributed by atoms with E-state index >= 15 is 0 Å². The number of ether oxygens (including phenoxy) is 1. The van der Waals surface area contributed by atoms with Crippen LogP contribution in [0.25, 0.3) is 0 Å². The molecular formula is C19H28O2. The zero-order valence-corrected chi connectivity index (χ0v) is 13.9. The van der Waals surface area contributed by atoms with Crippen LogP contribution in [0, 0.1) is 25.7 Å². The Morgan fingerprint density at radius 2 is 1.86 bits per heavy atom. The molecule has 1 fully saturated rings. The molecule has 2 nitrogen and oxygen atoms in total. The van der Waals surface area contributed by atoms with E-state index in [-0.39, 0.29) is 5.92 Å². The van der Waals surface area contributed by atoms with Crippen molar-refractivity contribution in [1.29, 1.82) is 0 Å². The van der Waals surface area contributed by atoms with Crippen molar-refractivity contribution in [3.63, 3.8) is 0 Å². The van der Waals surface area contributed by atoms with Gasteiger partial charge < -0.3 is 4.74 Å². The van der Waals surface area contributed by atoms with Gasteiger partial charge in [-0.3, -0.25) is 4.79 Å². The second kappa shape index (κ2) is 7.11. The second-order valence-corrected chi connectivity index (χ2v) is 6.86. The van der Waals surface area contributed by atoms with Crippen LogP contribution in [-0.4, -0.2) is 12.4 Å². The van der Waals surface area contributed by atoms with E-state index in [4.69, 9.17) is 4.74 Å². The Labute approximate surface area is 128 Å². The summed E-state index contributed by atoms with van der Waals surface area (Å²) in [6.07, 6.45) is 5.71. The number of carbonyl (C=O) groups excluding carboxylic acids is 1. The van der Waals surface area contributed by atoms with Crippen LogP contribution in [0.2, 0.25) is 0 Å². The van der Waals surface area contributed by atoms with Crippen LogP contribution in [-0.2, 0) is 0 Å². The largest absolute Gasteiger partial charge is 0.492 e. The molecule has 0 amide bonds. The number of Topliss-reactive ketones (excluding diaryl/α,β-unsaturated/α-hetero) is 1. The molecule has 0 spiro atoms. The second-order valence-electron chi connectivity index (χ2n) is 6.86. The molecule has 0 aliphatic heterocycles. The highest BCUT2D eigenvalue weighted by atomic mass is 16.5. The van der Waals surface area contributed by atoms with Gasteiger partial charge in [0.25, 0.3) is 0 Å². The molecule has 0 N–H and O–H groups in total. The van der Waals surface area contributed by atoms with Crippen LogP contribution in [0.3, 0.4) is 0 Å². The zero-order chi connectivity index (χ0) is 15.4.